The highest BCUT2D eigenvalue weighted by Crippen LogP contribution is 2.21. The summed E-state index contributed by atoms with van der Waals surface area (Å²) in [5.74, 6) is -3.04. The summed E-state index contributed by atoms with van der Waals surface area (Å²) in [5, 5.41) is 0. The monoisotopic (exact) mass is 482 g/mol. The van der Waals surface area contributed by atoms with E-state index in [1.165, 1.54) is 0 Å². The molecule has 0 aliphatic heterocycles. The molecule has 0 radical (unpaired) electrons. The number of rotatable bonds is 14. The van der Waals surface area contributed by atoms with E-state index >= 15 is 0 Å². The van der Waals surface area contributed by atoms with Gasteiger partial charge in [-0.2, -0.15) is 0 Å². The normalized spacial score (nSPS) is 9.60. The SMILES string of the molecule is C=CC(=O)OCC(COC(=O)C=C)(COC(=O)C=C)COC(=O)C=C.C=Cc1ccc(C=C)cc1. The molecule has 0 heterocycles. The third-order valence-electron chi connectivity index (χ3n) is 4.16. The molecule has 0 N–H and O–H groups in total. The van der Waals surface area contributed by atoms with Crippen LogP contribution in [-0.4, -0.2) is 50.3 Å². The Labute approximate surface area is 205 Å². The molecular formula is C27H30O8. The van der Waals surface area contributed by atoms with Crippen molar-refractivity contribution in [3.8, 4) is 0 Å². The number of benzene rings is 1. The van der Waals surface area contributed by atoms with Crippen LogP contribution in [0.4, 0.5) is 0 Å². The van der Waals surface area contributed by atoms with Crippen LogP contribution in [0, 0.1) is 5.41 Å². The zero-order valence-electron chi connectivity index (χ0n) is 19.6. The summed E-state index contributed by atoms with van der Waals surface area (Å²) in [6.07, 6.45) is 7.34. The first-order chi connectivity index (χ1) is 16.7. The predicted molar refractivity (Wildman–Crippen MR) is 134 cm³/mol. The molecule has 0 bridgehead atoms. The second-order valence-corrected chi connectivity index (χ2v) is 6.82. The van der Waals surface area contributed by atoms with E-state index in [4.69, 9.17) is 18.9 Å². The molecule has 0 unspecified atom stereocenters. The molecule has 0 spiro atoms. The van der Waals surface area contributed by atoms with Crippen molar-refractivity contribution >= 4 is 36.0 Å². The lowest BCUT2D eigenvalue weighted by Crippen LogP contribution is -2.43. The van der Waals surface area contributed by atoms with Crippen LogP contribution in [-0.2, 0) is 38.1 Å². The van der Waals surface area contributed by atoms with Crippen LogP contribution in [0.3, 0.4) is 0 Å². The molecule has 0 amide bonds. The van der Waals surface area contributed by atoms with Crippen LogP contribution in [0.25, 0.3) is 12.2 Å². The Hall–Kier alpha value is -4.46. The van der Waals surface area contributed by atoms with Crippen molar-refractivity contribution in [3.05, 3.63) is 99.2 Å². The Morgan fingerprint density at radius 3 is 0.943 bits per heavy atom. The Kier molecular flexibility index (Phi) is 14.9. The number of ether oxygens (including phenoxy) is 4. The largest absolute Gasteiger partial charge is 0.462 e. The van der Waals surface area contributed by atoms with E-state index in [-0.39, 0.29) is 26.4 Å². The summed E-state index contributed by atoms with van der Waals surface area (Å²) in [6, 6.07) is 8.07. The Balaban J connectivity index is 0.000000952. The van der Waals surface area contributed by atoms with Crippen molar-refractivity contribution in [2.75, 3.05) is 26.4 Å². The van der Waals surface area contributed by atoms with Gasteiger partial charge in [0.25, 0.3) is 0 Å². The molecule has 0 aliphatic carbocycles. The number of carbonyl (C=O) groups is 4. The van der Waals surface area contributed by atoms with Crippen LogP contribution in [0.5, 0.6) is 0 Å². The van der Waals surface area contributed by atoms with Gasteiger partial charge in [0.2, 0.25) is 0 Å². The minimum Gasteiger partial charge on any atom is -0.462 e. The minimum absolute atomic E-state index is 0.378. The lowest BCUT2D eigenvalue weighted by molar-refractivity contribution is -0.164. The van der Waals surface area contributed by atoms with E-state index in [2.05, 4.69) is 39.5 Å². The second-order valence-electron chi connectivity index (χ2n) is 6.82. The summed E-state index contributed by atoms with van der Waals surface area (Å²) < 4.78 is 19.8. The Bertz CT molecular complexity index is 812. The third kappa shape index (κ3) is 13.0. The van der Waals surface area contributed by atoms with Gasteiger partial charge in [-0.1, -0.05) is 75.9 Å². The van der Waals surface area contributed by atoms with Gasteiger partial charge < -0.3 is 18.9 Å². The molecule has 0 aliphatic rings. The molecule has 0 atom stereocenters. The van der Waals surface area contributed by atoms with Crippen molar-refractivity contribution in [3.63, 3.8) is 0 Å². The maximum Gasteiger partial charge on any atom is 0.330 e. The van der Waals surface area contributed by atoms with Crippen molar-refractivity contribution < 1.29 is 38.1 Å². The zero-order chi connectivity index (χ0) is 26.7. The van der Waals surface area contributed by atoms with E-state index < -0.39 is 29.3 Å². The highest BCUT2D eigenvalue weighted by atomic mass is 16.6. The molecule has 1 rings (SSSR count). The van der Waals surface area contributed by atoms with Gasteiger partial charge in [-0.15, -0.1) is 0 Å². The van der Waals surface area contributed by atoms with Crippen molar-refractivity contribution in [2.45, 2.75) is 0 Å². The second kappa shape index (κ2) is 17.1. The third-order valence-corrected chi connectivity index (χ3v) is 4.16. The number of esters is 4. The highest BCUT2D eigenvalue weighted by molar-refractivity contribution is 5.82. The van der Waals surface area contributed by atoms with Crippen LogP contribution in [0.1, 0.15) is 11.1 Å². The van der Waals surface area contributed by atoms with Gasteiger partial charge in [0.05, 0.1) is 0 Å². The molecule has 0 saturated heterocycles. The lowest BCUT2D eigenvalue weighted by atomic mass is 9.92. The van der Waals surface area contributed by atoms with Gasteiger partial charge in [0.15, 0.2) is 0 Å². The maximum absolute atomic E-state index is 11.3. The first-order valence-electron chi connectivity index (χ1n) is 10.2. The molecule has 186 valence electrons. The molecule has 1 aromatic carbocycles. The average molecular weight is 483 g/mol. The molecule has 0 fully saturated rings. The molecule has 1 aromatic rings. The summed E-state index contributed by atoms with van der Waals surface area (Å²) in [7, 11) is 0. The number of hydrogen-bond donors (Lipinski definition) is 0. The fraction of sp³-hybridized carbons (Fsp3) is 0.185. The van der Waals surface area contributed by atoms with E-state index in [0.717, 1.165) is 35.4 Å². The van der Waals surface area contributed by atoms with Gasteiger partial charge in [-0.3, -0.25) is 0 Å². The number of carbonyl (C=O) groups excluding carboxylic acids is 4. The zero-order valence-corrected chi connectivity index (χ0v) is 19.6. The topological polar surface area (TPSA) is 105 Å². The summed E-state index contributed by atoms with van der Waals surface area (Å²) in [5.41, 5.74) is 0.950. The first kappa shape index (κ1) is 30.5. The van der Waals surface area contributed by atoms with E-state index in [9.17, 15) is 19.2 Å². The molecule has 0 saturated carbocycles. The summed E-state index contributed by atoms with van der Waals surface area (Å²) in [4.78, 5) is 45.3. The molecule has 35 heavy (non-hydrogen) atoms. The van der Waals surface area contributed by atoms with Crippen LogP contribution in [0.15, 0.2) is 88.0 Å². The minimum atomic E-state index is -1.34. The van der Waals surface area contributed by atoms with Gasteiger partial charge in [-0.05, 0) is 11.1 Å². The Morgan fingerprint density at radius 1 is 0.543 bits per heavy atom. The molecule has 8 nitrogen and oxygen atoms in total. The first-order valence-corrected chi connectivity index (χ1v) is 10.2. The molecule has 0 aromatic heterocycles. The van der Waals surface area contributed by atoms with Crippen LogP contribution >= 0.6 is 0 Å². The highest BCUT2D eigenvalue weighted by Gasteiger charge is 2.37. The van der Waals surface area contributed by atoms with Gasteiger partial charge in [0, 0.05) is 24.3 Å². The van der Waals surface area contributed by atoms with Crippen LogP contribution < -0.4 is 0 Å². The fourth-order valence-corrected chi connectivity index (χ4v) is 2.15. The van der Waals surface area contributed by atoms with Crippen molar-refractivity contribution in [1.29, 1.82) is 0 Å². The van der Waals surface area contributed by atoms with Gasteiger partial charge in [0.1, 0.15) is 31.8 Å². The van der Waals surface area contributed by atoms with Crippen molar-refractivity contribution in [2.24, 2.45) is 5.41 Å². The van der Waals surface area contributed by atoms with Gasteiger partial charge >= 0.3 is 23.9 Å². The standard InChI is InChI=1S/C17H20O8.C10H10/c1-5-13(18)22-9-17(10-23-14(19)6-2,11-24-15(20)7-3)12-25-16(21)8-4;1-3-9-5-7-10(4-2)8-6-9/h5-8H,1-4,9-12H2;3-8H,1-2H2. The van der Waals surface area contributed by atoms with Gasteiger partial charge in [-0.25, -0.2) is 19.2 Å². The van der Waals surface area contributed by atoms with Crippen LogP contribution in [0.2, 0.25) is 0 Å². The lowest BCUT2D eigenvalue weighted by Gasteiger charge is -2.31. The van der Waals surface area contributed by atoms with Crippen molar-refractivity contribution in [1.82, 2.24) is 0 Å². The van der Waals surface area contributed by atoms with E-state index in [0.29, 0.717) is 0 Å². The van der Waals surface area contributed by atoms with E-state index in [1.54, 1.807) is 0 Å². The fourth-order valence-electron chi connectivity index (χ4n) is 2.15. The average Bonchev–Trinajstić information content (AvgIpc) is 2.91. The Morgan fingerprint density at radius 2 is 0.771 bits per heavy atom. The maximum atomic E-state index is 11.3. The number of hydrogen-bond acceptors (Lipinski definition) is 8. The smallest absolute Gasteiger partial charge is 0.330 e. The van der Waals surface area contributed by atoms with E-state index in [1.807, 2.05) is 36.4 Å². The summed E-state index contributed by atoms with van der Waals surface area (Å²) in [6.45, 7) is 18.8. The molecule has 8 heteroatoms. The molecular weight excluding hydrogens is 452 g/mol. The summed E-state index contributed by atoms with van der Waals surface area (Å²) >= 11 is 0. The quantitative estimate of drug-likeness (QED) is 0.224. The predicted octanol–water partition coefficient (Wildman–Crippen LogP) is 3.86.